The minimum atomic E-state index is -3.75. The number of rotatable bonds is 11. The van der Waals surface area contributed by atoms with Crippen LogP contribution in [0.15, 0.2) is 131 Å². The predicted octanol–water partition coefficient (Wildman–Crippen LogP) is 8.86. The summed E-state index contributed by atoms with van der Waals surface area (Å²) in [6.45, 7) is 4.18. The summed E-state index contributed by atoms with van der Waals surface area (Å²) < 4.78 is 58.0. The summed E-state index contributed by atoms with van der Waals surface area (Å²) in [5.41, 5.74) is 4.14. The Hall–Kier alpha value is -4.71. The molecule has 10 nitrogen and oxygen atoms in total. The molecule has 0 unspecified atom stereocenters. The van der Waals surface area contributed by atoms with Crippen LogP contribution in [0.5, 0.6) is 0 Å². The van der Waals surface area contributed by atoms with Crippen molar-refractivity contribution in [2.24, 2.45) is 0 Å². The van der Waals surface area contributed by atoms with Gasteiger partial charge in [0, 0.05) is 26.5 Å². The molecule has 6 aromatic rings. The summed E-state index contributed by atoms with van der Waals surface area (Å²) in [6.07, 6.45) is 7.94. The number of aromatic nitrogens is 2. The van der Waals surface area contributed by atoms with Gasteiger partial charge < -0.3 is 14.3 Å². The van der Waals surface area contributed by atoms with E-state index in [0.29, 0.717) is 22.4 Å². The molecule has 0 aliphatic rings. The van der Waals surface area contributed by atoms with Gasteiger partial charge in [-0.2, -0.15) is 0 Å². The van der Waals surface area contributed by atoms with E-state index in [1.165, 1.54) is 4.90 Å². The van der Waals surface area contributed by atoms with Gasteiger partial charge in [0.25, 0.3) is 0 Å². The first-order valence-corrected chi connectivity index (χ1v) is 19.3. The number of carbonyl (C=O) groups is 1. The molecule has 6 rings (SSSR count). The first-order valence-electron chi connectivity index (χ1n) is 16.4. The zero-order valence-corrected chi connectivity index (χ0v) is 34.4. The van der Waals surface area contributed by atoms with E-state index in [9.17, 15) is 21.6 Å². The van der Waals surface area contributed by atoms with Crippen molar-refractivity contribution in [1.29, 1.82) is 0 Å². The molecule has 0 fully saturated rings. The molecule has 1 amide bonds. The average molecular weight is 789 g/mol. The zero-order valence-electron chi connectivity index (χ0n) is 29.8. The number of para-hydroxylation sites is 2. The van der Waals surface area contributed by atoms with Crippen LogP contribution < -0.4 is 0 Å². The zero-order chi connectivity index (χ0) is 36.9. The van der Waals surface area contributed by atoms with Gasteiger partial charge in [-0.1, -0.05) is 99.5 Å². The van der Waals surface area contributed by atoms with Crippen LogP contribution in [-0.2, 0) is 57.2 Å². The van der Waals surface area contributed by atoms with Crippen molar-refractivity contribution in [3.05, 3.63) is 142 Å². The van der Waals surface area contributed by atoms with Crippen LogP contribution in [0, 0.1) is 0 Å². The topological polar surface area (TPSA) is 143 Å². The van der Waals surface area contributed by atoms with E-state index >= 15 is 0 Å². The molecule has 0 saturated heterocycles. The predicted molar refractivity (Wildman–Crippen MR) is 205 cm³/mol. The van der Waals surface area contributed by atoms with E-state index in [4.69, 9.17) is 0 Å². The van der Waals surface area contributed by atoms with Crippen LogP contribution >= 0.6 is 0 Å². The number of fused-ring (bicyclic) bond motifs is 2. The fourth-order valence-electron chi connectivity index (χ4n) is 4.92. The van der Waals surface area contributed by atoms with Gasteiger partial charge >= 0.3 is 19.5 Å². The molecular weight excluding hydrogens is 748 g/mol. The average Bonchev–Trinajstić information content (AvgIpc) is 3.13. The fourth-order valence-corrected chi connectivity index (χ4v) is 6.90. The van der Waals surface area contributed by atoms with Crippen LogP contribution in [0.1, 0.15) is 37.8 Å². The van der Waals surface area contributed by atoms with Crippen LogP contribution in [-0.4, -0.2) is 52.2 Å². The molecule has 0 atom stereocenters. The van der Waals surface area contributed by atoms with Gasteiger partial charge in [-0.15, -0.1) is 11.4 Å². The summed E-state index contributed by atoms with van der Waals surface area (Å²) >= 11 is 0. The Morgan fingerprint density at radius 3 is 1.25 bits per heavy atom. The van der Waals surface area contributed by atoms with Crippen molar-refractivity contribution in [1.82, 2.24) is 14.9 Å². The normalized spacial score (nSPS) is 10.8. The Labute approximate surface area is 319 Å². The van der Waals surface area contributed by atoms with Gasteiger partial charge in [0.1, 0.15) is 20.0 Å². The molecule has 266 valence electrons. The van der Waals surface area contributed by atoms with Crippen molar-refractivity contribution in [3.63, 3.8) is 0 Å². The first kappa shape index (κ1) is 41.7. The van der Waals surface area contributed by atoms with Gasteiger partial charge in [-0.3, -0.25) is 14.8 Å². The minimum absolute atomic E-state index is 0. The van der Waals surface area contributed by atoms with Crippen molar-refractivity contribution in [3.8, 4) is 0 Å². The number of aryl methyl sites for hydroxylation is 2. The number of benzene rings is 4. The molecule has 0 aliphatic heterocycles. The van der Waals surface area contributed by atoms with E-state index in [1.807, 2.05) is 60.7 Å². The van der Waals surface area contributed by atoms with Crippen LogP contribution in [0.2, 0.25) is 0 Å². The Bertz CT molecular complexity index is 2100. The smallest absolute Gasteiger partial charge is 0.571 e. The number of sulfonamides is 2. The van der Waals surface area contributed by atoms with Crippen molar-refractivity contribution in [2.75, 3.05) is 14.1 Å². The third kappa shape index (κ3) is 11.7. The standard InChI is InChI=1S/2C18H17N2O2S.C3H7NO.Zn/c2*1-2-5-14-9-11-16(12-10-14)23(21,22)20-17-8-3-6-15-7-4-13-19-18(15)17;1-4(2)3-5;/h2*3-4,6-13H,2,5H2,1H3;3H,1-2H3;/q2*-1;;+2. The molecule has 0 spiro atoms. The maximum absolute atomic E-state index is 12.5. The van der Waals surface area contributed by atoms with Gasteiger partial charge in [0.2, 0.25) is 6.41 Å². The number of nitrogens with zero attached hydrogens (tertiary/aromatic N) is 5. The van der Waals surface area contributed by atoms with Gasteiger partial charge in [0.15, 0.2) is 0 Å². The largest absolute Gasteiger partial charge is 2.00 e. The number of amides is 1. The molecule has 0 radical (unpaired) electrons. The monoisotopic (exact) mass is 787 g/mol. The van der Waals surface area contributed by atoms with Gasteiger partial charge in [-0.25, -0.2) is 16.8 Å². The summed E-state index contributed by atoms with van der Waals surface area (Å²) in [5.74, 6) is 0. The summed E-state index contributed by atoms with van der Waals surface area (Å²) in [7, 11) is -4.13. The quantitative estimate of drug-likeness (QED) is 0.0943. The molecule has 2 aromatic heterocycles. The fraction of sp³-hybridized carbons (Fsp3) is 0.205. The molecule has 0 bridgehead atoms. The van der Waals surface area contributed by atoms with Crippen LogP contribution in [0.25, 0.3) is 31.3 Å². The molecule has 2 heterocycles. The molecule has 13 heteroatoms. The number of pyridine rings is 2. The number of carbonyl (C=O) groups excluding carboxylic acids is 1. The summed E-state index contributed by atoms with van der Waals surface area (Å²) in [5, 5.41) is 1.73. The summed E-state index contributed by atoms with van der Waals surface area (Å²) in [4.78, 5) is 19.8. The molecule has 0 N–H and O–H groups in total. The third-order valence-corrected chi connectivity index (χ3v) is 10.0. The molecule has 0 saturated carbocycles. The Balaban J connectivity index is 0.000000244. The Morgan fingerprint density at radius 1 is 0.577 bits per heavy atom. The van der Waals surface area contributed by atoms with E-state index in [2.05, 4.69) is 33.3 Å². The SMILES string of the molecule is CCCc1ccc(S(=O)(=O)[N-]c2cccc3cccnc23)cc1.CCCc1ccc(S(=O)(=O)[N-]c2cccc3cccnc23)cc1.CN(C)C=O.[Zn+2]. The molecular formula is C39H41N5O5S2Zn. The molecule has 4 aromatic carbocycles. The number of hydrogen-bond acceptors (Lipinski definition) is 7. The minimum Gasteiger partial charge on any atom is -0.571 e. The van der Waals surface area contributed by atoms with Gasteiger partial charge in [-0.05, 0) is 71.1 Å². The Kier molecular flexibility index (Phi) is 15.9. The van der Waals surface area contributed by atoms with Crippen molar-refractivity contribution in [2.45, 2.75) is 49.3 Å². The van der Waals surface area contributed by atoms with Crippen molar-refractivity contribution < 1.29 is 41.1 Å². The second-order valence-corrected chi connectivity index (χ2v) is 14.9. The Morgan fingerprint density at radius 2 is 0.923 bits per heavy atom. The second-order valence-electron chi connectivity index (χ2n) is 11.7. The van der Waals surface area contributed by atoms with E-state index in [0.717, 1.165) is 54.0 Å². The summed E-state index contributed by atoms with van der Waals surface area (Å²) in [6, 6.07) is 31.9. The maximum atomic E-state index is 12.5. The van der Waals surface area contributed by atoms with Gasteiger partial charge in [0.05, 0.1) is 20.8 Å². The van der Waals surface area contributed by atoms with E-state index in [-0.39, 0.29) is 29.3 Å². The van der Waals surface area contributed by atoms with Crippen LogP contribution in [0.3, 0.4) is 0 Å². The van der Waals surface area contributed by atoms with E-state index in [1.54, 1.807) is 75.0 Å². The van der Waals surface area contributed by atoms with Crippen molar-refractivity contribution >= 4 is 59.6 Å². The van der Waals surface area contributed by atoms with E-state index < -0.39 is 20.0 Å². The maximum Gasteiger partial charge on any atom is 2.00 e. The third-order valence-electron chi connectivity index (χ3n) is 7.39. The molecule has 52 heavy (non-hydrogen) atoms. The molecule has 0 aliphatic carbocycles. The number of hydrogen-bond donors (Lipinski definition) is 0. The van der Waals surface area contributed by atoms with Crippen LogP contribution in [0.4, 0.5) is 11.4 Å². The second kappa shape index (κ2) is 19.8. The first-order chi connectivity index (χ1) is 24.5.